The van der Waals surface area contributed by atoms with Gasteiger partial charge in [-0.25, -0.2) is 0 Å². The Kier molecular flexibility index (Phi) is 6.26. The van der Waals surface area contributed by atoms with Gasteiger partial charge in [0.15, 0.2) is 0 Å². The van der Waals surface area contributed by atoms with Crippen LogP contribution in [0.15, 0.2) is 0 Å². The van der Waals surface area contributed by atoms with E-state index in [1.165, 1.54) is 44.9 Å². The second-order valence-electron chi connectivity index (χ2n) is 4.75. The van der Waals surface area contributed by atoms with E-state index in [2.05, 4.69) is 6.92 Å². The van der Waals surface area contributed by atoms with Crippen molar-refractivity contribution in [2.75, 3.05) is 14.2 Å². The van der Waals surface area contributed by atoms with E-state index in [0.717, 1.165) is 5.92 Å². The van der Waals surface area contributed by atoms with Gasteiger partial charge in [0, 0.05) is 14.2 Å². The summed E-state index contributed by atoms with van der Waals surface area (Å²) >= 11 is 0. The SMILES string of the molecule is CCC1CC(OC)CCCCC(OC)C1. The van der Waals surface area contributed by atoms with Crippen LogP contribution in [0.3, 0.4) is 0 Å². The van der Waals surface area contributed by atoms with Gasteiger partial charge in [-0.1, -0.05) is 26.2 Å². The molecular weight excluding hydrogens is 188 g/mol. The van der Waals surface area contributed by atoms with Crippen LogP contribution in [-0.4, -0.2) is 26.4 Å². The maximum absolute atomic E-state index is 5.54. The lowest BCUT2D eigenvalue weighted by Gasteiger charge is -2.23. The first-order valence-corrected chi connectivity index (χ1v) is 6.35. The van der Waals surface area contributed by atoms with E-state index in [0.29, 0.717) is 12.2 Å². The molecule has 1 saturated carbocycles. The summed E-state index contributed by atoms with van der Waals surface area (Å²) in [6.45, 7) is 2.28. The van der Waals surface area contributed by atoms with Gasteiger partial charge in [-0.05, 0) is 31.6 Å². The zero-order valence-corrected chi connectivity index (χ0v) is 10.5. The zero-order chi connectivity index (χ0) is 11.1. The highest BCUT2D eigenvalue weighted by atomic mass is 16.5. The third kappa shape index (κ3) is 4.52. The van der Waals surface area contributed by atoms with Gasteiger partial charge in [0.1, 0.15) is 0 Å². The van der Waals surface area contributed by atoms with Crippen LogP contribution in [0.4, 0.5) is 0 Å². The van der Waals surface area contributed by atoms with Gasteiger partial charge in [-0.3, -0.25) is 0 Å². The molecule has 15 heavy (non-hydrogen) atoms. The predicted octanol–water partition coefficient (Wildman–Crippen LogP) is 3.40. The van der Waals surface area contributed by atoms with Gasteiger partial charge in [0.2, 0.25) is 0 Å². The maximum Gasteiger partial charge on any atom is 0.0574 e. The molecule has 0 aliphatic heterocycles. The van der Waals surface area contributed by atoms with E-state index in [4.69, 9.17) is 9.47 Å². The largest absolute Gasteiger partial charge is 0.381 e. The second-order valence-corrected chi connectivity index (χ2v) is 4.75. The smallest absolute Gasteiger partial charge is 0.0574 e. The molecule has 1 rings (SSSR count). The topological polar surface area (TPSA) is 18.5 Å². The molecule has 1 fully saturated rings. The van der Waals surface area contributed by atoms with E-state index < -0.39 is 0 Å². The van der Waals surface area contributed by atoms with E-state index in [9.17, 15) is 0 Å². The van der Waals surface area contributed by atoms with Crippen LogP contribution in [0.1, 0.15) is 51.9 Å². The molecule has 2 unspecified atom stereocenters. The first-order chi connectivity index (χ1) is 7.30. The minimum absolute atomic E-state index is 0.477. The number of hydrogen-bond donors (Lipinski definition) is 0. The summed E-state index contributed by atoms with van der Waals surface area (Å²) in [6.07, 6.45) is 9.66. The number of hydrogen-bond acceptors (Lipinski definition) is 2. The molecule has 0 aromatic heterocycles. The van der Waals surface area contributed by atoms with Crippen molar-refractivity contribution in [3.63, 3.8) is 0 Å². The molecule has 0 saturated heterocycles. The fourth-order valence-corrected chi connectivity index (χ4v) is 2.58. The van der Waals surface area contributed by atoms with Crippen molar-refractivity contribution < 1.29 is 9.47 Å². The highest BCUT2D eigenvalue weighted by Gasteiger charge is 2.21. The molecule has 0 aromatic carbocycles. The number of methoxy groups -OCH3 is 2. The number of rotatable bonds is 3. The molecule has 0 radical (unpaired) electrons. The Bertz CT molecular complexity index is 143. The van der Waals surface area contributed by atoms with Crippen molar-refractivity contribution in [2.45, 2.75) is 64.1 Å². The molecule has 2 heteroatoms. The zero-order valence-electron chi connectivity index (χ0n) is 10.5. The van der Waals surface area contributed by atoms with Crippen LogP contribution in [0.2, 0.25) is 0 Å². The summed E-state index contributed by atoms with van der Waals surface area (Å²) in [7, 11) is 3.70. The second kappa shape index (κ2) is 7.24. The summed E-state index contributed by atoms with van der Waals surface area (Å²) in [5.41, 5.74) is 0. The molecule has 0 amide bonds. The van der Waals surface area contributed by atoms with Gasteiger partial charge < -0.3 is 9.47 Å². The normalized spacial score (nSPS) is 34.2. The lowest BCUT2D eigenvalue weighted by molar-refractivity contribution is 0.0509. The van der Waals surface area contributed by atoms with Crippen molar-refractivity contribution >= 4 is 0 Å². The molecular formula is C13H26O2. The van der Waals surface area contributed by atoms with E-state index in [1.807, 2.05) is 14.2 Å². The quantitative estimate of drug-likeness (QED) is 0.717. The molecule has 90 valence electrons. The Labute approximate surface area is 94.3 Å². The van der Waals surface area contributed by atoms with Crippen LogP contribution < -0.4 is 0 Å². The minimum Gasteiger partial charge on any atom is -0.381 e. The van der Waals surface area contributed by atoms with Crippen molar-refractivity contribution in [1.29, 1.82) is 0 Å². The predicted molar refractivity (Wildman–Crippen MR) is 63.1 cm³/mol. The highest BCUT2D eigenvalue weighted by molar-refractivity contribution is 4.73. The summed E-state index contributed by atoms with van der Waals surface area (Å²) in [6, 6.07) is 0. The lowest BCUT2D eigenvalue weighted by Crippen LogP contribution is -2.19. The Morgan fingerprint density at radius 2 is 1.40 bits per heavy atom. The molecule has 1 aliphatic carbocycles. The van der Waals surface area contributed by atoms with Crippen LogP contribution in [0.25, 0.3) is 0 Å². The van der Waals surface area contributed by atoms with Gasteiger partial charge >= 0.3 is 0 Å². The van der Waals surface area contributed by atoms with E-state index in [1.54, 1.807) is 0 Å². The van der Waals surface area contributed by atoms with Crippen LogP contribution in [-0.2, 0) is 9.47 Å². The molecule has 1 aliphatic rings. The third-order valence-electron chi connectivity index (χ3n) is 3.74. The molecule has 2 nitrogen and oxygen atoms in total. The Hall–Kier alpha value is -0.0800. The standard InChI is InChI=1S/C13H26O2/c1-4-11-9-12(14-2)7-5-6-8-13(10-11)15-3/h11-13H,4-10H2,1-3H3. The van der Waals surface area contributed by atoms with Crippen molar-refractivity contribution in [2.24, 2.45) is 5.92 Å². The van der Waals surface area contributed by atoms with E-state index >= 15 is 0 Å². The molecule has 0 N–H and O–H groups in total. The highest BCUT2D eigenvalue weighted by Crippen LogP contribution is 2.27. The van der Waals surface area contributed by atoms with Crippen molar-refractivity contribution in [3.8, 4) is 0 Å². The van der Waals surface area contributed by atoms with Crippen LogP contribution >= 0.6 is 0 Å². The monoisotopic (exact) mass is 214 g/mol. The first kappa shape index (κ1) is 13.0. The maximum atomic E-state index is 5.54. The lowest BCUT2D eigenvalue weighted by atomic mass is 9.92. The summed E-state index contributed by atoms with van der Waals surface area (Å²) < 4.78 is 11.1. The van der Waals surface area contributed by atoms with Gasteiger partial charge in [0.25, 0.3) is 0 Å². The van der Waals surface area contributed by atoms with Crippen molar-refractivity contribution in [3.05, 3.63) is 0 Å². The van der Waals surface area contributed by atoms with Crippen LogP contribution in [0.5, 0.6) is 0 Å². The van der Waals surface area contributed by atoms with Crippen LogP contribution in [0, 0.1) is 5.92 Å². The van der Waals surface area contributed by atoms with E-state index in [-0.39, 0.29) is 0 Å². The average Bonchev–Trinajstić information content (AvgIpc) is 2.38. The molecule has 2 atom stereocenters. The Morgan fingerprint density at radius 1 is 0.933 bits per heavy atom. The Morgan fingerprint density at radius 3 is 1.73 bits per heavy atom. The summed E-state index contributed by atoms with van der Waals surface area (Å²) in [5.74, 6) is 0.776. The number of ether oxygens (including phenoxy) is 2. The summed E-state index contributed by atoms with van der Waals surface area (Å²) in [5, 5.41) is 0. The minimum atomic E-state index is 0.477. The molecule has 0 spiro atoms. The fraction of sp³-hybridized carbons (Fsp3) is 1.00. The van der Waals surface area contributed by atoms with Gasteiger partial charge in [-0.2, -0.15) is 0 Å². The molecule has 0 bridgehead atoms. The fourth-order valence-electron chi connectivity index (χ4n) is 2.58. The van der Waals surface area contributed by atoms with Gasteiger partial charge in [-0.15, -0.1) is 0 Å². The third-order valence-corrected chi connectivity index (χ3v) is 3.74. The first-order valence-electron chi connectivity index (χ1n) is 6.35. The molecule has 0 aromatic rings. The molecule has 0 heterocycles. The Balaban J connectivity index is 2.50. The average molecular weight is 214 g/mol. The summed E-state index contributed by atoms with van der Waals surface area (Å²) in [4.78, 5) is 0. The van der Waals surface area contributed by atoms with Gasteiger partial charge in [0.05, 0.1) is 12.2 Å². The van der Waals surface area contributed by atoms with Crippen molar-refractivity contribution in [1.82, 2.24) is 0 Å².